The Morgan fingerprint density at radius 2 is 2.05 bits per heavy atom. The molecule has 2 rings (SSSR count). The van der Waals surface area contributed by atoms with Gasteiger partial charge in [-0.1, -0.05) is 6.92 Å². The monoisotopic (exact) mass is 260 g/mol. The molecule has 0 saturated heterocycles. The van der Waals surface area contributed by atoms with Crippen LogP contribution in [0.1, 0.15) is 29.4 Å². The second-order valence-electron chi connectivity index (χ2n) is 4.20. The van der Waals surface area contributed by atoms with E-state index < -0.39 is 5.97 Å². The van der Waals surface area contributed by atoms with E-state index in [1.54, 1.807) is 11.6 Å². The highest BCUT2D eigenvalue weighted by Crippen LogP contribution is 2.18. The fraction of sp³-hybridized carbons (Fsp3) is 0.286. The van der Waals surface area contributed by atoms with Crippen molar-refractivity contribution in [1.29, 1.82) is 0 Å². The average Bonchev–Trinajstić information content (AvgIpc) is 2.79. The highest BCUT2D eigenvalue weighted by atomic mass is 16.5. The fourth-order valence-electron chi connectivity index (χ4n) is 1.78. The number of nitrogens with zero attached hydrogens (tertiary/aromatic N) is 2. The summed E-state index contributed by atoms with van der Waals surface area (Å²) >= 11 is 0. The highest BCUT2D eigenvalue weighted by molar-refractivity contribution is 5.88. The van der Waals surface area contributed by atoms with E-state index in [1.807, 2.05) is 24.3 Å². The van der Waals surface area contributed by atoms with Gasteiger partial charge in [-0.2, -0.15) is 5.10 Å². The first-order valence-electron chi connectivity index (χ1n) is 6.14. The molecule has 1 N–H and O–H groups in total. The normalized spacial score (nSPS) is 10.4. The van der Waals surface area contributed by atoms with Crippen LogP contribution in [0.3, 0.4) is 0 Å². The Balaban J connectivity index is 2.25. The molecule has 0 radical (unpaired) electrons. The van der Waals surface area contributed by atoms with Gasteiger partial charge in [-0.3, -0.25) is 0 Å². The number of ether oxygens (including phenoxy) is 1. The van der Waals surface area contributed by atoms with Gasteiger partial charge in [0.2, 0.25) is 0 Å². The van der Waals surface area contributed by atoms with Gasteiger partial charge in [0.1, 0.15) is 11.3 Å². The first-order chi connectivity index (χ1) is 9.13. The average molecular weight is 260 g/mol. The molecule has 0 unspecified atom stereocenters. The molecular weight excluding hydrogens is 244 g/mol. The van der Waals surface area contributed by atoms with Crippen LogP contribution in [0.25, 0.3) is 5.69 Å². The lowest BCUT2D eigenvalue weighted by Crippen LogP contribution is -2.02. The molecule has 0 aliphatic carbocycles. The van der Waals surface area contributed by atoms with Gasteiger partial charge < -0.3 is 9.84 Å². The van der Waals surface area contributed by atoms with Crippen molar-refractivity contribution in [3.63, 3.8) is 0 Å². The van der Waals surface area contributed by atoms with Crippen LogP contribution < -0.4 is 4.74 Å². The Kier molecular flexibility index (Phi) is 3.85. The van der Waals surface area contributed by atoms with Gasteiger partial charge in [0, 0.05) is 0 Å². The molecule has 0 bridgehead atoms. The van der Waals surface area contributed by atoms with Crippen LogP contribution in [0.5, 0.6) is 5.75 Å². The van der Waals surface area contributed by atoms with Gasteiger partial charge in [-0.25, -0.2) is 9.48 Å². The van der Waals surface area contributed by atoms with Crippen molar-refractivity contribution in [2.24, 2.45) is 0 Å². The first kappa shape index (κ1) is 13.1. The molecule has 0 saturated carbocycles. The van der Waals surface area contributed by atoms with Gasteiger partial charge in [0.05, 0.1) is 24.2 Å². The van der Waals surface area contributed by atoms with Crippen molar-refractivity contribution in [1.82, 2.24) is 9.78 Å². The van der Waals surface area contributed by atoms with E-state index in [2.05, 4.69) is 12.0 Å². The quantitative estimate of drug-likeness (QED) is 0.897. The predicted octanol–water partition coefficient (Wildman–Crippen LogP) is 2.67. The lowest BCUT2D eigenvalue weighted by atomic mass is 10.2. The van der Waals surface area contributed by atoms with Crippen molar-refractivity contribution in [3.05, 3.63) is 41.7 Å². The molecule has 100 valence electrons. The maximum Gasteiger partial charge on any atom is 0.339 e. The smallest absolute Gasteiger partial charge is 0.339 e. The summed E-state index contributed by atoms with van der Waals surface area (Å²) in [5.41, 5.74) is 1.63. The second kappa shape index (κ2) is 5.56. The molecule has 0 spiro atoms. The minimum atomic E-state index is -0.966. The number of hydrogen-bond acceptors (Lipinski definition) is 3. The Morgan fingerprint density at radius 1 is 1.37 bits per heavy atom. The minimum absolute atomic E-state index is 0.214. The molecule has 5 nitrogen and oxygen atoms in total. The number of aromatic carboxylic acids is 1. The van der Waals surface area contributed by atoms with Crippen molar-refractivity contribution in [2.45, 2.75) is 20.3 Å². The third-order valence-electron chi connectivity index (χ3n) is 2.79. The Labute approximate surface area is 111 Å². The lowest BCUT2D eigenvalue weighted by molar-refractivity contribution is 0.0696. The molecule has 5 heteroatoms. The Morgan fingerprint density at radius 3 is 2.58 bits per heavy atom. The predicted molar refractivity (Wildman–Crippen MR) is 71.0 cm³/mol. The first-order valence-corrected chi connectivity index (χ1v) is 6.14. The van der Waals surface area contributed by atoms with E-state index in [4.69, 9.17) is 9.84 Å². The van der Waals surface area contributed by atoms with Crippen LogP contribution >= 0.6 is 0 Å². The summed E-state index contributed by atoms with van der Waals surface area (Å²) in [4.78, 5) is 11.0. The zero-order valence-corrected chi connectivity index (χ0v) is 11.0. The summed E-state index contributed by atoms with van der Waals surface area (Å²) in [5.74, 6) is -0.166. The number of carboxylic acids is 1. The van der Waals surface area contributed by atoms with Gasteiger partial charge >= 0.3 is 5.97 Å². The van der Waals surface area contributed by atoms with Gasteiger partial charge in [-0.05, 0) is 37.6 Å². The maximum atomic E-state index is 11.0. The number of benzene rings is 1. The van der Waals surface area contributed by atoms with E-state index in [-0.39, 0.29) is 5.56 Å². The number of aromatic nitrogens is 2. The van der Waals surface area contributed by atoms with Crippen LogP contribution in [0.2, 0.25) is 0 Å². The number of hydrogen-bond donors (Lipinski definition) is 1. The van der Waals surface area contributed by atoms with Crippen molar-refractivity contribution < 1.29 is 14.6 Å². The van der Waals surface area contributed by atoms with Gasteiger partial charge in [0.25, 0.3) is 0 Å². The molecule has 0 amide bonds. The standard InChI is InChI=1S/C14H16N2O3/c1-3-8-19-12-6-4-11(5-7-12)16-10(2)13(9-15-16)14(17)18/h4-7,9H,3,8H2,1-2H3,(H,17,18). The summed E-state index contributed by atoms with van der Waals surface area (Å²) < 4.78 is 7.10. The third kappa shape index (κ3) is 2.76. The summed E-state index contributed by atoms with van der Waals surface area (Å²) in [6.45, 7) is 4.47. The minimum Gasteiger partial charge on any atom is -0.494 e. The van der Waals surface area contributed by atoms with Crippen LogP contribution in [0.15, 0.2) is 30.5 Å². The molecule has 0 atom stereocenters. The number of carbonyl (C=O) groups is 1. The number of rotatable bonds is 5. The molecule has 1 aromatic carbocycles. The van der Waals surface area contributed by atoms with Gasteiger partial charge in [-0.15, -0.1) is 0 Å². The second-order valence-corrected chi connectivity index (χ2v) is 4.20. The van der Waals surface area contributed by atoms with Crippen LogP contribution in [0, 0.1) is 6.92 Å². The topological polar surface area (TPSA) is 64.4 Å². The zero-order chi connectivity index (χ0) is 13.8. The Bertz CT molecular complexity index is 573. The van der Waals surface area contributed by atoms with E-state index in [9.17, 15) is 4.79 Å². The molecule has 0 fully saturated rings. The lowest BCUT2D eigenvalue weighted by Gasteiger charge is -2.07. The summed E-state index contributed by atoms with van der Waals surface area (Å²) in [6, 6.07) is 7.42. The van der Waals surface area contributed by atoms with E-state index in [0.29, 0.717) is 12.3 Å². The summed E-state index contributed by atoms with van der Waals surface area (Å²) in [7, 11) is 0. The molecule has 0 aliphatic heterocycles. The van der Waals surface area contributed by atoms with Crippen molar-refractivity contribution in [2.75, 3.05) is 6.61 Å². The zero-order valence-electron chi connectivity index (χ0n) is 11.0. The van der Waals surface area contributed by atoms with Crippen molar-refractivity contribution in [3.8, 4) is 11.4 Å². The highest BCUT2D eigenvalue weighted by Gasteiger charge is 2.13. The van der Waals surface area contributed by atoms with E-state index >= 15 is 0 Å². The fourth-order valence-corrected chi connectivity index (χ4v) is 1.78. The maximum absolute atomic E-state index is 11.0. The van der Waals surface area contributed by atoms with Crippen LogP contribution in [0.4, 0.5) is 0 Å². The summed E-state index contributed by atoms with van der Waals surface area (Å²) in [6.07, 6.45) is 2.32. The molecular formula is C14H16N2O3. The van der Waals surface area contributed by atoms with E-state index in [1.165, 1.54) is 6.20 Å². The van der Waals surface area contributed by atoms with E-state index in [0.717, 1.165) is 17.9 Å². The Hall–Kier alpha value is -2.30. The third-order valence-corrected chi connectivity index (χ3v) is 2.79. The molecule has 19 heavy (non-hydrogen) atoms. The largest absolute Gasteiger partial charge is 0.494 e. The SMILES string of the molecule is CCCOc1ccc(-n2ncc(C(=O)O)c2C)cc1. The number of carboxylic acid groups (broad SMARTS) is 1. The molecule has 1 heterocycles. The van der Waals surface area contributed by atoms with Crippen LogP contribution in [-0.4, -0.2) is 27.5 Å². The molecule has 2 aromatic rings. The summed E-state index contributed by atoms with van der Waals surface area (Å²) in [5, 5.41) is 13.1. The molecule has 0 aliphatic rings. The van der Waals surface area contributed by atoms with Crippen molar-refractivity contribution >= 4 is 5.97 Å². The molecule has 1 aromatic heterocycles. The van der Waals surface area contributed by atoms with Crippen LogP contribution in [-0.2, 0) is 0 Å². The van der Waals surface area contributed by atoms with Gasteiger partial charge in [0.15, 0.2) is 0 Å².